The second-order valence-corrected chi connectivity index (χ2v) is 6.33. The van der Waals surface area contributed by atoms with E-state index in [2.05, 4.69) is 15.5 Å². The summed E-state index contributed by atoms with van der Waals surface area (Å²) in [6, 6.07) is 0. The number of halogens is 4. The van der Waals surface area contributed by atoms with Crippen molar-refractivity contribution in [2.24, 2.45) is 12.8 Å². The molecule has 2 amide bonds. The number of hydrogen-bond donors (Lipinski definition) is 2. The molecule has 2 aromatic heterocycles. The summed E-state index contributed by atoms with van der Waals surface area (Å²) in [7, 11) is 1.52. The van der Waals surface area contributed by atoms with Gasteiger partial charge in [-0.15, -0.1) is 0 Å². The zero-order valence-electron chi connectivity index (χ0n) is 13.5. The van der Waals surface area contributed by atoms with Gasteiger partial charge in [-0.1, -0.05) is 11.6 Å². The van der Waals surface area contributed by atoms with Gasteiger partial charge in [0.2, 0.25) is 5.91 Å². The molecule has 3 rings (SSSR count). The maximum atomic E-state index is 13.0. The third-order valence-corrected chi connectivity index (χ3v) is 4.17. The van der Waals surface area contributed by atoms with E-state index in [9.17, 15) is 22.8 Å². The van der Waals surface area contributed by atoms with Gasteiger partial charge in [0.25, 0.3) is 5.91 Å². The largest absolute Gasteiger partial charge is 0.436 e. The number of aryl methyl sites for hydroxylation is 1. The fourth-order valence-electron chi connectivity index (χ4n) is 2.59. The Bertz CT molecular complexity index is 884. The number of carbonyl (C=O) groups is 2. The van der Waals surface area contributed by atoms with Gasteiger partial charge in [-0.25, -0.2) is 0 Å². The molecule has 0 aliphatic heterocycles. The van der Waals surface area contributed by atoms with E-state index in [0.29, 0.717) is 12.8 Å². The molecule has 0 atom stereocenters. The van der Waals surface area contributed by atoms with Crippen LogP contribution in [0.25, 0.3) is 0 Å². The molecule has 0 unspecified atom stereocenters. The van der Waals surface area contributed by atoms with Gasteiger partial charge in [-0.05, 0) is 12.8 Å². The van der Waals surface area contributed by atoms with E-state index in [1.54, 1.807) is 0 Å². The molecule has 26 heavy (non-hydrogen) atoms. The zero-order chi connectivity index (χ0) is 19.2. The number of rotatable bonds is 5. The second kappa shape index (κ2) is 6.31. The monoisotopic (exact) mass is 390 g/mol. The van der Waals surface area contributed by atoms with Crippen LogP contribution in [0, 0.1) is 0 Å². The number of amides is 2. The summed E-state index contributed by atoms with van der Waals surface area (Å²) in [5, 5.41) is 9.21. The van der Waals surface area contributed by atoms with E-state index in [1.807, 2.05) is 0 Å². The summed E-state index contributed by atoms with van der Waals surface area (Å²) in [5.41, 5.74) is 4.06. The summed E-state index contributed by atoms with van der Waals surface area (Å²) in [6.07, 6.45) is -2.00. The van der Waals surface area contributed by atoms with Crippen molar-refractivity contribution in [3.63, 3.8) is 0 Å². The standard InChI is InChI=1S/C14H14ClF3N6O2/c1-23-4-7(10(21-23)13(19)26)20-8(25)5-24-11(6-2-3-6)9(15)12(22-24)14(16,17)18/h4,6H,2-3,5H2,1H3,(H2,19,26)(H,20,25). The van der Waals surface area contributed by atoms with Crippen LogP contribution in [0.5, 0.6) is 0 Å². The predicted octanol–water partition coefficient (Wildman–Crippen LogP) is 1.90. The molecule has 140 valence electrons. The summed E-state index contributed by atoms with van der Waals surface area (Å²) in [6.45, 7) is -0.491. The smallest absolute Gasteiger partial charge is 0.364 e. The molecule has 0 bridgehead atoms. The van der Waals surface area contributed by atoms with Crippen LogP contribution < -0.4 is 11.1 Å². The number of nitrogens with one attached hydrogen (secondary N) is 1. The van der Waals surface area contributed by atoms with Gasteiger partial charge < -0.3 is 11.1 Å². The van der Waals surface area contributed by atoms with Crippen molar-refractivity contribution < 1.29 is 22.8 Å². The minimum absolute atomic E-state index is 0.0623. The first kappa shape index (κ1) is 18.2. The highest BCUT2D eigenvalue weighted by Gasteiger charge is 2.42. The number of hydrogen-bond acceptors (Lipinski definition) is 4. The number of nitrogens with zero attached hydrogens (tertiary/aromatic N) is 4. The number of nitrogens with two attached hydrogens (primary N) is 1. The normalized spacial score (nSPS) is 14.5. The number of anilines is 1. The number of aromatic nitrogens is 4. The van der Waals surface area contributed by atoms with E-state index in [1.165, 1.54) is 17.9 Å². The Balaban J connectivity index is 1.85. The molecule has 1 saturated carbocycles. The van der Waals surface area contributed by atoms with Crippen LogP contribution in [0.3, 0.4) is 0 Å². The van der Waals surface area contributed by atoms with Gasteiger partial charge in [0, 0.05) is 19.2 Å². The molecule has 0 aromatic carbocycles. The Labute approximate surface area is 150 Å². The summed E-state index contributed by atoms with van der Waals surface area (Å²) >= 11 is 5.85. The number of carbonyl (C=O) groups excluding carboxylic acids is 2. The highest BCUT2D eigenvalue weighted by atomic mass is 35.5. The van der Waals surface area contributed by atoms with Crippen LogP contribution in [-0.4, -0.2) is 31.4 Å². The minimum Gasteiger partial charge on any atom is -0.364 e. The average Bonchev–Trinajstić information content (AvgIpc) is 3.18. The predicted molar refractivity (Wildman–Crippen MR) is 84.6 cm³/mol. The van der Waals surface area contributed by atoms with Crippen molar-refractivity contribution >= 4 is 29.1 Å². The van der Waals surface area contributed by atoms with E-state index in [0.717, 1.165) is 4.68 Å². The van der Waals surface area contributed by atoms with E-state index < -0.39 is 35.3 Å². The lowest BCUT2D eigenvalue weighted by Crippen LogP contribution is -2.23. The van der Waals surface area contributed by atoms with Gasteiger partial charge in [0.1, 0.15) is 6.54 Å². The molecule has 0 radical (unpaired) electrons. The van der Waals surface area contributed by atoms with Crippen molar-refractivity contribution in [2.75, 3.05) is 5.32 Å². The Hall–Kier alpha value is -2.56. The van der Waals surface area contributed by atoms with Gasteiger partial charge in [-0.3, -0.25) is 19.0 Å². The fraction of sp³-hybridized carbons (Fsp3) is 0.429. The third kappa shape index (κ3) is 3.52. The molecule has 0 spiro atoms. The van der Waals surface area contributed by atoms with Crippen LogP contribution in [-0.2, 0) is 24.6 Å². The first-order chi connectivity index (χ1) is 12.1. The molecule has 1 fully saturated rings. The van der Waals surface area contributed by atoms with Crippen molar-refractivity contribution in [3.8, 4) is 0 Å². The SMILES string of the molecule is Cn1cc(NC(=O)Cn2nc(C(F)(F)F)c(Cl)c2C2CC2)c(C(N)=O)n1. The van der Waals surface area contributed by atoms with Crippen molar-refractivity contribution in [1.29, 1.82) is 0 Å². The molecule has 2 heterocycles. The molecule has 12 heteroatoms. The molecule has 1 aliphatic carbocycles. The van der Waals surface area contributed by atoms with Crippen LogP contribution in [0.15, 0.2) is 6.20 Å². The van der Waals surface area contributed by atoms with E-state index in [-0.39, 0.29) is 23.0 Å². The number of primary amides is 1. The van der Waals surface area contributed by atoms with Crippen molar-refractivity contribution in [3.05, 3.63) is 28.3 Å². The average molecular weight is 391 g/mol. The quantitative estimate of drug-likeness (QED) is 0.812. The maximum Gasteiger partial charge on any atom is 0.436 e. The van der Waals surface area contributed by atoms with Gasteiger partial charge in [-0.2, -0.15) is 23.4 Å². The van der Waals surface area contributed by atoms with Crippen LogP contribution in [0.4, 0.5) is 18.9 Å². The molecule has 2 aromatic rings. The molecular formula is C14H14ClF3N6O2. The van der Waals surface area contributed by atoms with E-state index in [4.69, 9.17) is 17.3 Å². The Morgan fingerprint density at radius 2 is 2.04 bits per heavy atom. The highest BCUT2D eigenvalue weighted by Crippen LogP contribution is 2.46. The Kier molecular flexibility index (Phi) is 4.42. The van der Waals surface area contributed by atoms with Crippen LogP contribution in [0.2, 0.25) is 5.02 Å². The Morgan fingerprint density at radius 1 is 1.38 bits per heavy atom. The van der Waals surface area contributed by atoms with Crippen LogP contribution >= 0.6 is 11.6 Å². The van der Waals surface area contributed by atoms with E-state index >= 15 is 0 Å². The number of alkyl halides is 3. The zero-order valence-corrected chi connectivity index (χ0v) is 14.2. The van der Waals surface area contributed by atoms with Crippen molar-refractivity contribution in [1.82, 2.24) is 19.6 Å². The topological polar surface area (TPSA) is 108 Å². The lowest BCUT2D eigenvalue weighted by molar-refractivity contribution is -0.141. The molecule has 1 aliphatic rings. The first-order valence-corrected chi connectivity index (χ1v) is 7.92. The maximum absolute atomic E-state index is 13.0. The summed E-state index contributed by atoms with van der Waals surface area (Å²) in [4.78, 5) is 23.6. The Morgan fingerprint density at radius 3 is 2.58 bits per heavy atom. The summed E-state index contributed by atoms with van der Waals surface area (Å²) in [5.74, 6) is -1.69. The molecule has 3 N–H and O–H groups in total. The third-order valence-electron chi connectivity index (χ3n) is 3.79. The molecule has 0 saturated heterocycles. The van der Waals surface area contributed by atoms with Crippen molar-refractivity contribution in [2.45, 2.75) is 31.5 Å². The highest BCUT2D eigenvalue weighted by molar-refractivity contribution is 6.32. The molecule has 8 nitrogen and oxygen atoms in total. The van der Waals surface area contributed by atoms with Gasteiger partial charge >= 0.3 is 6.18 Å². The lowest BCUT2D eigenvalue weighted by atomic mass is 10.2. The fourth-order valence-corrected chi connectivity index (χ4v) is 2.99. The van der Waals surface area contributed by atoms with Crippen LogP contribution in [0.1, 0.15) is 40.6 Å². The lowest BCUT2D eigenvalue weighted by Gasteiger charge is -2.07. The molecular weight excluding hydrogens is 377 g/mol. The van der Waals surface area contributed by atoms with Gasteiger partial charge in [0.05, 0.1) is 16.4 Å². The first-order valence-electron chi connectivity index (χ1n) is 7.54. The summed E-state index contributed by atoms with van der Waals surface area (Å²) < 4.78 is 41.3. The minimum atomic E-state index is -4.72. The second-order valence-electron chi connectivity index (χ2n) is 5.95. The van der Waals surface area contributed by atoms with Gasteiger partial charge in [0.15, 0.2) is 11.4 Å².